The molecule has 0 radical (unpaired) electrons. The van der Waals surface area contributed by atoms with E-state index < -0.39 is 0 Å². The molecule has 7 heteroatoms. The number of piperazine rings is 1. The van der Waals surface area contributed by atoms with Crippen LogP contribution >= 0.6 is 0 Å². The molecule has 162 valence electrons. The van der Waals surface area contributed by atoms with Gasteiger partial charge in [-0.3, -0.25) is 14.5 Å². The van der Waals surface area contributed by atoms with Gasteiger partial charge >= 0.3 is 0 Å². The number of ether oxygens (including phenoxy) is 1. The fourth-order valence-electron chi connectivity index (χ4n) is 4.25. The Morgan fingerprint density at radius 3 is 2.73 bits per heavy atom. The number of rotatable bonds is 7. The van der Waals surface area contributed by atoms with Crippen molar-refractivity contribution in [3.8, 4) is 5.75 Å². The second-order valence-corrected chi connectivity index (χ2v) is 8.16. The molecule has 1 aromatic heterocycles. The zero-order valence-electron chi connectivity index (χ0n) is 17.7. The highest BCUT2D eigenvalue weighted by atomic mass is 16.5. The molecule has 1 aliphatic heterocycles. The largest absolute Gasteiger partial charge is 0.484 e. The van der Waals surface area contributed by atoms with Crippen molar-refractivity contribution in [3.63, 3.8) is 0 Å². The lowest BCUT2D eigenvalue weighted by Crippen LogP contribution is -2.52. The van der Waals surface area contributed by atoms with E-state index in [-0.39, 0.29) is 18.4 Å². The topological polar surface area (TPSA) is 75.0 Å². The summed E-state index contributed by atoms with van der Waals surface area (Å²) in [5.74, 6) is 1.85. The second-order valence-electron chi connectivity index (χ2n) is 8.16. The Bertz CT molecular complexity index is 899. The average Bonchev–Trinajstić information content (AvgIpc) is 3.14. The number of benzene rings is 1. The fraction of sp³-hybridized carbons (Fsp3) is 0.565. The van der Waals surface area contributed by atoms with Gasteiger partial charge in [0.15, 0.2) is 6.61 Å². The number of nitrogens with one attached hydrogen (secondary N) is 1. The molecule has 0 atom stereocenters. The Morgan fingerprint density at radius 2 is 1.93 bits per heavy atom. The van der Waals surface area contributed by atoms with E-state index in [2.05, 4.69) is 10.2 Å². The average molecular weight is 414 g/mol. The minimum Gasteiger partial charge on any atom is -0.484 e. The van der Waals surface area contributed by atoms with Crippen LogP contribution in [0.3, 0.4) is 0 Å². The number of furan rings is 1. The molecule has 2 aliphatic rings. The summed E-state index contributed by atoms with van der Waals surface area (Å²) in [5, 5.41) is 4.01. The van der Waals surface area contributed by atoms with E-state index in [1.807, 2.05) is 30.0 Å². The second kappa shape index (κ2) is 9.51. The summed E-state index contributed by atoms with van der Waals surface area (Å²) < 4.78 is 11.8. The van der Waals surface area contributed by atoms with Crippen LogP contribution in [0.2, 0.25) is 0 Å². The summed E-state index contributed by atoms with van der Waals surface area (Å²) in [7, 11) is 0. The van der Waals surface area contributed by atoms with Gasteiger partial charge in [0.1, 0.15) is 17.1 Å². The zero-order valence-corrected chi connectivity index (χ0v) is 17.7. The van der Waals surface area contributed by atoms with Gasteiger partial charge in [-0.1, -0.05) is 6.92 Å². The number of hydrogen-bond donors (Lipinski definition) is 1. The standard InChI is InChI=1S/C23H31N3O4/c1-2-9-24-22(27)15-25-10-12-26(13-11-25)23(28)16-29-17-7-8-21-19(14-17)18-5-3-4-6-20(18)30-21/h7-8,14H,2-6,9-13,15-16H2,1H3,(H,24,27). The molecule has 2 aromatic rings. The summed E-state index contributed by atoms with van der Waals surface area (Å²) in [6.07, 6.45) is 5.36. The third-order valence-corrected chi connectivity index (χ3v) is 5.95. The molecule has 2 heterocycles. The quantitative estimate of drug-likeness (QED) is 0.754. The van der Waals surface area contributed by atoms with Gasteiger partial charge in [-0.05, 0) is 43.9 Å². The Balaban J connectivity index is 1.26. The summed E-state index contributed by atoms with van der Waals surface area (Å²) in [6, 6.07) is 5.82. The first-order chi connectivity index (χ1) is 14.6. The maximum absolute atomic E-state index is 12.6. The van der Waals surface area contributed by atoms with Crippen LogP contribution in [0.1, 0.15) is 37.5 Å². The molecule has 1 aromatic carbocycles. The lowest BCUT2D eigenvalue weighted by molar-refractivity contribution is -0.135. The molecule has 2 amide bonds. The molecule has 1 fully saturated rings. The zero-order chi connectivity index (χ0) is 20.9. The smallest absolute Gasteiger partial charge is 0.260 e. The Labute approximate surface area is 177 Å². The Hall–Kier alpha value is -2.54. The lowest BCUT2D eigenvalue weighted by atomic mass is 9.96. The third-order valence-electron chi connectivity index (χ3n) is 5.95. The van der Waals surface area contributed by atoms with E-state index in [1.54, 1.807) is 0 Å². The molecule has 0 spiro atoms. The first-order valence-corrected chi connectivity index (χ1v) is 11.1. The number of nitrogens with zero attached hydrogens (tertiary/aromatic N) is 2. The van der Waals surface area contributed by atoms with Crippen molar-refractivity contribution in [2.75, 3.05) is 45.9 Å². The van der Waals surface area contributed by atoms with Crippen molar-refractivity contribution >= 4 is 22.8 Å². The molecule has 1 aliphatic carbocycles. The third kappa shape index (κ3) is 4.78. The van der Waals surface area contributed by atoms with Crippen LogP contribution in [0.4, 0.5) is 0 Å². The minimum absolute atomic E-state index is 0.0144. The fourth-order valence-corrected chi connectivity index (χ4v) is 4.25. The van der Waals surface area contributed by atoms with Gasteiger partial charge in [0.2, 0.25) is 5.91 Å². The lowest BCUT2D eigenvalue weighted by Gasteiger charge is -2.34. The van der Waals surface area contributed by atoms with E-state index in [4.69, 9.17) is 9.15 Å². The number of fused-ring (bicyclic) bond motifs is 3. The van der Waals surface area contributed by atoms with Gasteiger partial charge in [-0.2, -0.15) is 0 Å². The monoisotopic (exact) mass is 413 g/mol. The highest BCUT2D eigenvalue weighted by Gasteiger charge is 2.23. The van der Waals surface area contributed by atoms with Crippen LogP contribution in [-0.2, 0) is 22.4 Å². The van der Waals surface area contributed by atoms with Crippen molar-refractivity contribution in [1.82, 2.24) is 15.1 Å². The molecule has 7 nitrogen and oxygen atoms in total. The van der Waals surface area contributed by atoms with E-state index in [9.17, 15) is 9.59 Å². The maximum atomic E-state index is 12.6. The summed E-state index contributed by atoms with van der Waals surface area (Å²) >= 11 is 0. The Kier molecular flexibility index (Phi) is 6.57. The first-order valence-electron chi connectivity index (χ1n) is 11.1. The predicted octanol–water partition coefficient (Wildman–Crippen LogP) is 2.36. The molecule has 4 rings (SSSR count). The van der Waals surface area contributed by atoms with Gasteiger partial charge in [0, 0.05) is 50.1 Å². The number of hydrogen-bond acceptors (Lipinski definition) is 5. The summed E-state index contributed by atoms with van der Waals surface area (Å²) in [4.78, 5) is 28.3. The highest BCUT2D eigenvalue weighted by molar-refractivity contribution is 5.84. The predicted molar refractivity (Wildman–Crippen MR) is 115 cm³/mol. The van der Waals surface area contributed by atoms with Crippen molar-refractivity contribution in [2.45, 2.75) is 39.0 Å². The Morgan fingerprint density at radius 1 is 1.13 bits per heavy atom. The highest BCUT2D eigenvalue weighted by Crippen LogP contribution is 2.33. The molecule has 1 N–H and O–H groups in total. The minimum atomic E-state index is -0.0144. The van der Waals surface area contributed by atoms with Crippen molar-refractivity contribution < 1.29 is 18.7 Å². The normalized spacial score (nSPS) is 17.0. The molecular formula is C23H31N3O4. The van der Waals surface area contributed by atoms with Gasteiger partial charge in [-0.25, -0.2) is 0 Å². The SMILES string of the molecule is CCCNC(=O)CN1CCN(C(=O)COc2ccc3oc4c(c3c2)CCCC4)CC1. The summed E-state index contributed by atoms with van der Waals surface area (Å²) in [6.45, 7) is 5.83. The number of aryl methyl sites for hydroxylation is 2. The van der Waals surface area contributed by atoms with Crippen LogP contribution in [0.15, 0.2) is 22.6 Å². The van der Waals surface area contributed by atoms with Crippen LogP contribution < -0.4 is 10.1 Å². The molecule has 0 unspecified atom stereocenters. The van der Waals surface area contributed by atoms with Crippen molar-refractivity contribution in [1.29, 1.82) is 0 Å². The molecule has 0 bridgehead atoms. The number of carbonyl (C=O) groups excluding carboxylic acids is 2. The van der Waals surface area contributed by atoms with Gasteiger partial charge in [0.25, 0.3) is 5.91 Å². The summed E-state index contributed by atoms with van der Waals surface area (Å²) in [5.41, 5.74) is 2.20. The van der Waals surface area contributed by atoms with E-state index in [1.165, 1.54) is 18.4 Å². The molecule has 0 saturated carbocycles. The number of amides is 2. The van der Waals surface area contributed by atoms with Crippen LogP contribution in [0.5, 0.6) is 5.75 Å². The molecular weight excluding hydrogens is 382 g/mol. The number of carbonyl (C=O) groups is 2. The van der Waals surface area contributed by atoms with Crippen molar-refractivity contribution in [3.05, 3.63) is 29.5 Å². The van der Waals surface area contributed by atoms with Crippen LogP contribution in [0.25, 0.3) is 11.0 Å². The van der Waals surface area contributed by atoms with Gasteiger partial charge < -0.3 is 19.4 Å². The van der Waals surface area contributed by atoms with Crippen molar-refractivity contribution in [2.24, 2.45) is 0 Å². The van der Waals surface area contributed by atoms with Gasteiger partial charge in [0.05, 0.1) is 6.54 Å². The maximum Gasteiger partial charge on any atom is 0.260 e. The van der Waals surface area contributed by atoms with E-state index in [0.29, 0.717) is 45.0 Å². The molecule has 1 saturated heterocycles. The van der Waals surface area contributed by atoms with Crippen LogP contribution in [-0.4, -0.2) is 67.5 Å². The van der Waals surface area contributed by atoms with E-state index >= 15 is 0 Å². The molecule has 30 heavy (non-hydrogen) atoms. The first kappa shape index (κ1) is 20.7. The van der Waals surface area contributed by atoms with Crippen LogP contribution in [0, 0.1) is 0 Å². The van der Waals surface area contributed by atoms with E-state index in [0.717, 1.165) is 36.0 Å². The van der Waals surface area contributed by atoms with Gasteiger partial charge in [-0.15, -0.1) is 0 Å².